The lowest BCUT2D eigenvalue weighted by Gasteiger charge is -2.14. The number of nitro benzene ring substituents is 1. The summed E-state index contributed by atoms with van der Waals surface area (Å²) in [6.07, 6.45) is 0. The molecule has 138 valence electrons. The Kier molecular flexibility index (Phi) is 6.68. The fourth-order valence-electron chi connectivity index (χ4n) is 2.50. The zero-order valence-corrected chi connectivity index (χ0v) is 15.3. The van der Waals surface area contributed by atoms with Crippen molar-refractivity contribution in [2.45, 2.75) is 26.9 Å². The van der Waals surface area contributed by atoms with E-state index in [-0.39, 0.29) is 5.69 Å². The first-order valence-corrected chi connectivity index (χ1v) is 8.45. The third-order valence-electron chi connectivity index (χ3n) is 4.10. The van der Waals surface area contributed by atoms with E-state index < -0.39 is 11.0 Å². The minimum atomic E-state index is -0.461. The van der Waals surface area contributed by atoms with Gasteiger partial charge in [0, 0.05) is 30.4 Å². The Labute approximate surface area is 153 Å². The Bertz CT molecular complexity index is 792. The maximum Gasteiger partial charge on any atom is 0.319 e. The van der Waals surface area contributed by atoms with E-state index in [0.717, 1.165) is 18.7 Å². The molecule has 0 aliphatic rings. The number of hydrogen-bond acceptors (Lipinski definition) is 4. The number of rotatable bonds is 7. The normalized spacial score (nSPS) is 10.6. The molecular weight excluding hydrogens is 332 g/mol. The Morgan fingerprint density at radius 1 is 1.19 bits per heavy atom. The van der Waals surface area contributed by atoms with Crippen LogP contribution in [-0.2, 0) is 13.1 Å². The monoisotopic (exact) mass is 356 g/mol. The molecule has 7 nitrogen and oxygen atoms in total. The van der Waals surface area contributed by atoms with Crippen LogP contribution < -0.4 is 10.6 Å². The van der Waals surface area contributed by atoms with Gasteiger partial charge in [-0.15, -0.1) is 0 Å². The van der Waals surface area contributed by atoms with Crippen LogP contribution in [0.1, 0.15) is 23.6 Å². The highest BCUT2D eigenvalue weighted by molar-refractivity contribution is 5.89. The summed E-state index contributed by atoms with van der Waals surface area (Å²) in [6, 6.07) is 12.2. The molecule has 0 heterocycles. The molecule has 0 unspecified atom stereocenters. The second-order valence-corrected chi connectivity index (χ2v) is 6.22. The topological polar surface area (TPSA) is 87.5 Å². The molecule has 0 aromatic heterocycles. The summed E-state index contributed by atoms with van der Waals surface area (Å²) < 4.78 is 0. The highest BCUT2D eigenvalue weighted by Gasteiger charge is 2.12. The van der Waals surface area contributed by atoms with Crippen LogP contribution in [0.5, 0.6) is 0 Å². The van der Waals surface area contributed by atoms with E-state index in [9.17, 15) is 14.9 Å². The molecule has 0 fully saturated rings. The van der Waals surface area contributed by atoms with Crippen molar-refractivity contribution in [2.75, 3.05) is 18.9 Å². The third-order valence-corrected chi connectivity index (χ3v) is 4.10. The molecular formula is C19H24N4O3. The van der Waals surface area contributed by atoms with Gasteiger partial charge in [-0.1, -0.05) is 37.3 Å². The molecule has 0 saturated heterocycles. The first-order chi connectivity index (χ1) is 12.4. The van der Waals surface area contributed by atoms with Crippen molar-refractivity contribution in [1.29, 1.82) is 0 Å². The summed E-state index contributed by atoms with van der Waals surface area (Å²) in [6.45, 7) is 5.96. The summed E-state index contributed by atoms with van der Waals surface area (Å²) in [5, 5.41) is 16.4. The number of carbonyl (C=O) groups excluding carboxylic acids is 1. The number of anilines is 1. The first kappa shape index (κ1) is 19.4. The standard InChI is InChI=1S/C19H24N4O3/c1-4-22(3)13-16-7-5-6-15(10-16)12-20-19(24)21-17-9-8-14(2)18(11-17)23(25)26/h5-11H,4,12-13H2,1-3H3,(H2,20,21,24). The quantitative estimate of drug-likeness (QED) is 0.585. The van der Waals surface area contributed by atoms with Gasteiger partial charge in [0.2, 0.25) is 0 Å². The van der Waals surface area contributed by atoms with Gasteiger partial charge < -0.3 is 15.5 Å². The molecule has 7 heteroatoms. The lowest BCUT2D eigenvalue weighted by Crippen LogP contribution is -2.28. The van der Waals surface area contributed by atoms with Crippen molar-refractivity contribution in [3.05, 3.63) is 69.3 Å². The van der Waals surface area contributed by atoms with E-state index in [2.05, 4.69) is 41.6 Å². The second kappa shape index (κ2) is 8.96. The van der Waals surface area contributed by atoms with Crippen molar-refractivity contribution in [2.24, 2.45) is 0 Å². The summed E-state index contributed by atoms with van der Waals surface area (Å²) in [5.74, 6) is 0. The van der Waals surface area contributed by atoms with Gasteiger partial charge in [0.05, 0.1) is 4.92 Å². The highest BCUT2D eigenvalue weighted by atomic mass is 16.6. The molecule has 0 aliphatic heterocycles. The second-order valence-electron chi connectivity index (χ2n) is 6.22. The molecule has 26 heavy (non-hydrogen) atoms. The van der Waals surface area contributed by atoms with Crippen molar-refractivity contribution in [1.82, 2.24) is 10.2 Å². The molecule has 2 N–H and O–H groups in total. The third kappa shape index (κ3) is 5.56. The number of nitrogens with zero attached hydrogens (tertiary/aromatic N) is 2. The maximum absolute atomic E-state index is 12.1. The van der Waals surface area contributed by atoms with Crippen LogP contribution >= 0.6 is 0 Å². The Morgan fingerprint density at radius 3 is 2.62 bits per heavy atom. The predicted molar refractivity (Wildman–Crippen MR) is 102 cm³/mol. The Hall–Kier alpha value is -2.93. The number of urea groups is 1. The Morgan fingerprint density at radius 2 is 1.92 bits per heavy atom. The zero-order chi connectivity index (χ0) is 19.1. The van der Waals surface area contributed by atoms with Crippen molar-refractivity contribution in [3.63, 3.8) is 0 Å². The molecule has 2 aromatic rings. The molecule has 0 bridgehead atoms. The SMILES string of the molecule is CCN(C)Cc1cccc(CNC(=O)Nc2ccc(C)c([N+](=O)[O-])c2)c1. The molecule has 0 radical (unpaired) electrons. The number of hydrogen-bond donors (Lipinski definition) is 2. The van der Waals surface area contributed by atoms with Crippen LogP contribution in [0.25, 0.3) is 0 Å². The van der Waals surface area contributed by atoms with Crippen molar-refractivity contribution in [3.8, 4) is 0 Å². The number of nitro groups is 1. The van der Waals surface area contributed by atoms with Crippen LogP contribution in [0.3, 0.4) is 0 Å². The summed E-state index contributed by atoms with van der Waals surface area (Å²) in [5.41, 5.74) is 3.10. The van der Waals surface area contributed by atoms with Crippen molar-refractivity contribution >= 4 is 17.4 Å². The molecule has 0 saturated carbocycles. The Balaban J connectivity index is 1.94. The van der Waals surface area contributed by atoms with Crippen LogP contribution in [0.2, 0.25) is 0 Å². The van der Waals surface area contributed by atoms with Crippen LogP contribution in [0.15, 0.2) is 42.5 Å². The fraction of sp³-hybridized carbons (Fsp3) is 0.316. The van der Waals surface area contributed by atoms with E-state index in [1.165, 1.54) is 11.6 Å². The summed E-state index contributed by atoms with van der Waals surface area (Å²) >= 11 is 0. The van der Waals surface area contributed by atoms with Gasteiger partial charge in [-0.2, -0.15) is 0 Å². The lowest BCUT2D eigenvalue weighted by molar-refractivity contribution is -0.385. The summed E-state index contributed by atoms with van der Waals surface area (Å²) in [4.78, 5) is 24.8. The molecule has 2 amide bonds. The van der Waals surface area contributed by atoms with E-state index in [1.54, 1.807) is 19.1 Å². The number of benzene rings is 2. The molecule has 0 atom stereocenters. The van der Waals surface area contributed by atoms with Gasteiger partial charge >= 0.3 is 6.03 Å². The maximum atomic E-state index is 12.1. The zero-order valence-electron chi connectivity index (χ0n) is 15.3. The first-order valence-electron chi connectivity index (χ1n) is 8.45. The average Bonchev–Trinajstić information content (AvgIpc) is 2.61. The average molecular weight is 356 g/mol. The van der Waals surface area contributed by atoms with Gasteiger partial charge in [0.1, 0.15) is 0 Å². The summed E-state index contributed by atoms with van der Waals surface area (Å²) in [7, 11) is 2.05. The molecule has 2 rings (SSSR count). The molecule has 0 aliphatic carbocycles. The predicted octanol–water partition coefficient (Wildman–Crippen LogP) is 3.68. The highest BCUT2D eigenvalue weighted by Crippen LogP contribution is 2.22. The number of aryl methyl sites for hydroxylation is 1. The van der Waals surface area contributed by atoms with Gasteiger partial charge in [0.15, 0.2) is 0 Å². The van der Waals surface area contributed by atoms with E-state index in [4.69, 9.17) is 0 Å². The van der Waals surface area contributed by atoms with Crippen LogP contribution in [-0.4, -0.2) is 29.4 Å². The smallest absolute Gasteiger partial charge is 0.319 e. The van der Waals surface area contributed by atoms with Gasteiger partial charge in [-0.3, -0.25) is 10.1 Å². The van der Waals surface area contributed by atoms with Crippen LogP contribution in [0, 0.1) is 17.0 Å². The van der Waals surface area contributed by atoms with E-state index >= 15 is 0 Å². The lowest BCUT2D eigenvalue weighted by atomic mass is 10.1. The molecule has 0 spiro atoms. The van der Waals surface area contributed by atoms with Gasteiger partial charge in [-0.05, 0) is 37.7 Å². The van der Waals surface area contributed by atoms with Crippen molar-refractivity contribution < 1.29 is 9.72 Å². The number of nitrogens with one attached hydrogen (secondary N) is 2. The minimum Gasteiger partial charge on any atom is -0.334 e. The fourth-order valence-corrected chi connectivity index (χ4v) is 2.50. The minimum absolute atomic E-state index is 0.0180. The largest absolute Gasteiger partial charge is 0.334 e. The van der Waals surface area contributed by atoms with Gasteiger partial charge in [0.25, 0.3) is 5.69 Å². The molecule has 2 aromatic carbocycles. The number of carbonyl (C=O) groups is 1. The van der Waals surface area contributed by atoms with E-state index in [1.807, 2.05) is 12.1 Å². The van der Waals surface area contributed by atoms with Gasteiger partial charge in [-0.25, -0.2) is 4.79 Å². The van der Waals surface area contributed by atoms with E-state index in [0.29, 0.717) is 17.8 Å². The van der Waals surface area contributed by atoms with Crippen LogP contribution in [0.4, 0.5) is 16.2 Å². The number of amides is 2.